The highest BCUT2D eigenvalue weighted by atomic mass is 16.6. The Labute approximate surface area is 300 Å². The zero-order valence-electron chi connectivity index (χ0n) is 31.9. The van der Waals surface area contributed by atoms with Crippen molar-refractivity contribution in [1.82, 2.24) is 10.2 Å². The van der Waals surface area contributed by atoms with Gasteiger partial charge in [0.25, 0.3) is 0 Å². The second kappa shape index (κ2) is 33.0. The number of hydrogen-bond donors (Lipinski definition) is 1. The lowest BCUT2D eigenvalue weighted by Crippen LogP contribution is -2.34. The predicted octanol–water partition coefficient (Wildman–Crippen LogP) is 9.75. The Morgan fingerprint density at radius 2 is 1.10 bits per heavy atom. The molecule has 0 saturated heterocycles. The van der Waals surface area contributed by atoms with Crippen LogP contribution in [-0.4, -0.2) is 68.9 Å². The number of cyclic esters (lactones) is 2. The number of nitrogens with zero attached hydrogens (tertiary/aromatic N) is 1. The number of allylic oxidation sites excluding steroid dienone is 4. The van der Waals surface area contributed by atoms with Crippen molar-refractivity contribution < 1.29 is 28.6 Å². The molecule has 0 amide bonds. The summed E-state index contributed by atoms with van der Waals surface area (Å²) in [4.78, 5) is 38.7. The van der Waals surface area contributed by atoms with Crippen molar-refractivity contribution >= 4 is 17.9 Å². The molecule has 8 heteroatoms. The summed E-state index contributed by atoms with van der Waals surface area (Å²) in [7, 11) is 3.96. The van der Waals surface area contributed by atoms with Gasteiger partial charge < -0.3 is 14.2 Å². The maximum Gasteiger partial charge on any atom is 0.320 e. The molecule has 8 nitrogen and oxygen atoms in total. The summed E-state index contributed by atoms with van der Waals surface area (Å²) >= 11 is 0. The molecule has 0 spiro atoms. The fourth-order valence-electron chi connectivity index (χ4n) is 6.04. The summed E-state index contributed by atoms with van der Waals surface area (Å²) < 4.78 is 16.7. The molecule has 1 N–H and O–H groups in total. The van der Waals surface area contributed by atoms with E-state index in [0.29, 0.717) is 19.5 Å². The minimum absolute atomic E-state index is 0.0385. The molecule has 1 aliphatic heterocycles. The van der Waals surface area contributed by atoms with Crippen LogP contribution in [0.4, 0.5) is 0 Å². The summed E-state index contributed by atoms with van der Waals surface area (Å²) in [5.74, 6) is -0.553. The van der Waals surface area contributed by atoms with Gasteiger partial charge in [-0.25, -0.2) is 0 Å². The molecule has 1 aliphatic rings. The van der Waals surface area contributed by atoms with Gasteiger partial charge in [-0.15, -0.1) is 0 Å². The first-order chi connectivity index (χ1) is 23.9. The molecular weight excluding hydrogens is 616 g/mol. The Morgan fingerprint density at radius 3 is 1.59 bits per heavy atom. The molecule has 0 bridgehead atoms. The molecule has 1 rings (SSSR count). The Bertz CT molecular complexity index is 874. The lowest BCUT2D eigenvalue weighted by molar-refractivity contribution is -0.158. The number of carbonyl (C=O) groups is 3. The van der Waals surface area contributed by atoms with Gasteiger partial charge in [0, 0.05) is 19.5 Å². The first-order valence-corrected chi connectivity index (χ1v) is 20.1. The van der Waals surface area contributed by atoms with Crippen molar-refractivity contribution in [3.63, 3.8) is 0 Å². The van der Waals surface area contributed by atoms with Crippen LogP contribution in [0.3, 0.4) is 0 Å². The number of nitrogens with one attached hydrogen (secondary N) is 1. The maximum absolute atomic E-state index is 12.5. The van der Waals surface area contributed by atoms with Crippen molar-refractivity contribution in [2.24, 2.45) is 0 Å². The van der Waals surface area contributed by atoms with Crippen molar-refractivity contribution in [2.75, 3.05) is 33.9 Å². The molecule has 0 fully saturated rings. The maximum atomic E-state index is 12.5. The Kier molecular flexibility index (Phi) is 30.2. The normalized spacial score (nSPS) is 24.5. The summed E-state index contributed by atoms with van der Waals surface area (Å²) in [5, 5.41) is 3.16. The summed E-state index contributed by atoms with van der Waals surface area (Å²) in [6.45, 7) is 2.85. The fraction of sp³-hybridized carbons (Fsp3) is 0.829. The largest absolute Gasteiger partial charge is 0.462 e. The van der Waals surface area contributed by atoms with E-state index in [9.17, 15) is 14.4 Å². The number of esters is 3. The van der Waals surface area contributed by atoms with Crippen molar-refractivity contribution in [3.8, 4) is 0 Å². The van der Waals surface area contributed by atoms with Crippen molar-refractivity contribution in [3.05, 3.63) is 24.3 Å². The van der Waals surface area contributed by atoms with Gasteiger partial charge in [0.2, 0.25) is 0 Å². The van der Waals surface area contributed by atoms with Crippen LogP contribution >= 0.6 is 0 Å². The van der Waals surface area contributed by atoms with Gasteiger partial charge >= 0.3 is 17.9 Å². The molecule has 0 aromatic heterocycles. The van der Waals surface area contributed by atoms with E-state index in [4.69, 9.17) is 14.2 Å². The minimum atomic E-state index is -0.407. The van der Waals surface area contributed by atoms with Gasteiger partial charge in [0.05, 0.1) is 6.54 Å². The Balaban J connectivity index is 2.44. The zero-order chi connectivity index (χ0) is 35.6. The van der Waals surface area contributed by atoms with Crippen molar-refractivity contribution in [2.45, 2.75) is 186 Å². The molecule has 49 heavy (non-hydrogen) atoms. The topological polar surface area (TPSA) is 94.2 Å². The second-order valence-electron chi connectivity index (χ2n) is 14.3. The number of ether oxygens (including phenoxy) is 3. The molecule has 0 radical (unpaired) electrons. The van der Waals surface area contributed by atoms with E-state index >= 15 is 0 Å². The van der Waals surface area contributed by atoms with Gasteiger partial charge in [-0.2, -0.15) is 0 Å². The highest BCUT2D eigenvalue weighted by Crippen LogP contribution is 2.18. The van der Waals surface area contributed by atoms with Crippen LogP contribution in [0.2, 0.25) is 0 Å². The van der Waals surface area contributed by atoms with Gasteiger partial charge in [-0.1, -0.05) is 88.5 Å². The van der Waals surface area contributed by atoms with E-state index in [1.165, 1.54) is 64.2 Å². The monoisotopic (exact) mass is 691 g/mol. The number of rotatable bonds is 5. The van der Waals surface area contributed by atoms with Gasteiger partial charge in [-0.05, 0) is 111 Å². The summed E-state index contributed by atoms with van der Waals surface area (Å²) in [6, 6.07) is 0. The Morgan fingerprint density at radius 1 is 0.673 bits per heavy atom. The first-order valence-electron chi connectivity index (χ1n) is 20.1. The lowest BCUT2D eigenvalue weighted by atomic mass is 10.0. The quantitative estimate of drug-likeness (QED) is 0.132. The fourth-order valence-corrected chi connectivity index (χ4v) is 6.04. The van der Waals surface area contributed by atoms with Crippen LogP contribution in [0.15, 0.2) is 24.3 Å². The van der Waals surface area contributed by atoms with E-state index in [-0.39, 0.29) is 37.2 Å². The van der Waals surface area contributed by atoms with Gasteiger partial charge in [0.15, 0.2) is 0 Å². The minimum Gasteiger partial charge on any atom is -0.462 e. The summed E-state index contributed by atoms with van der Waals surface area (Å²) in [6.07, 6.45) is 36.4. The second-order valence-corrected chi connectivity index (χ2v) is 14.3. The molecule has 0 aliphatic carbocycles. The predicted molar refractivity (Wildman–Crippen MR) is 201 cm³/mol. The molecule has 284 valence electrons. The third-order valence-electron chi connectivity index (χ3n) is 8.94. The average Bonchev–Trinajstić information content (AvgIpc) is 3.06. The first kappa shape index (κ1) is 44.8. The van der Waals surface area contributed by atoms with Crippen LogP contribution in [0.5, 0.6) is 0 Å². The van der Waals surface area contributed by atoms with Crippen molar-refractivity contribution in [1.29, 1.82) is 0 Å². The molecule has 0 aromatic carbocycles. The Hall–Kier alpha value is -2.19. The zero-order valence-corrected chi connectivity index (χ0v) is 31.9. The SMILES string of the molecule is CC1COC(=O)CCCCC/C=C\CCCCCCCCC(OC(=O)CNCN(C)C)CCCCCCCC/C=C\CCCCCC(=O)O1. The molecule has 0 saturated carbocycles. The lowest BCUT2D eigenvalue weighted by Gasteiger charge is -2.19. The number of hydrogen-bond acceptors (Lipinski definition) is 8. The third-order valence-corrected chi connectivity index (χ3v) is 8.94. The number of carbonyl (C=O) groups excluding carboxylic acids is 3. The van der Waals surface area contributed by atoms with E-state index in [1.807, 2.05) is 19.0 Å². The standard InChI is InChI=1S/C41H74N2O6/c1-37-35-47-39(44)32-28-24-20-16-12-8-4-6-10-14-18-22-26-30-38(49-41(46)34-42-36-43(2)3)31-27-23-19-15-11-7-5-9-13-17-21-25-29-33-40(45)48-37/h8-9,12-13,37-38,42H,4-7,10-11,14-36H2,1-3H3/b12-8-,13-9-. The van der Waals surface area contributed by atoms with Crippen LogP contribution in [0.25, 0.3) is 0 Å². The van der Waals surface area contributed by atoms with E-state index in [0.717, 1.165) is 89.9 Å². The van der Waals surface area contributed by atoms with Gasteiger partial charge in [0.1, 0.15) is 18.8 Å². The smallest absolute Gasteiger partial charge is 0.320 e. The molecular formula is C41H74N2O6. The highest BCUT2D eigenvalue weighted by molar-refractivity contribution is 5.71. The molecule has 2 atom stereocenters. The summed E-state index contributed by atoms with van der Waals surface area (Å²) in [5.41, 5.74) is 0. The van der Waals surface area contributed by atoms with Crippen LogP contribution < -0.4 is 5.32 Å². The van der Waals surface area contributed by atoms with Crippen LogP contribution in [-0.2, 0) is 28.6 Å². The van der Waals surface area contributed by atoms with Gasteiger partial charge in [-0.3, -0.25) is 24.6 Å². The van der Waals surface area contributed by atoms with E-state index in [2.05, 4.69) is 29.6 Å². The van der Waals surface area contributed by atoms with E-state index < -0.39 is 6.10 Å². The molecule has 2 unspecified atom stereocenters. The molecule has 1 heterocycles. The third kappa shape index (κ3) is 31.5. The van der Waals surface area contributed by atoms with Crippen LogP contribution in [0, 0.1) is 0 Å². The van der Waals surface area contributed by atoms with Crippen LogP contribution in [0.1, 0.15) is 174 Å². The highest BCUT2D eigenvalue weighted by Gasteiger charge is 2.15. The molecule has 0 aromatic rings. The van der Waals surface area contributed by atoms with E-state index in [1.54, 1.807) is 6.92 Å². The average molecular weight is 691 g/mol.